The second-order valence-electron chi connectivity index (χ2n) is 6.42. The summed E-state index contributed by atoms with van der Waals surface area (Å²) in [6.07, 6.45) is 2.73. The smallest absolute Gasteiger partial charge is 0.255 e. The van der Waals surface area contributed by atoms with Gasteiger partial charge in [-0.3, -0.25) is 4.79 Å². The number of nitriles is 1. The first-order chi connectivity index (χ1) is 13.5. The highest BCUT2D eigenvalue weighted by Gasteiger charge is 2.26. The topological polar surface area (TPSA) is 99.5 Å². The fraction of sp³-hybridized carbons (Fsp3) is 0.300. The van der Waals surface area contributed by atoms with Gasteiger partial charge in [-0.2, -0.15) is 9.57 Å². The van der Waals surface area contributed by atoms with Gasteiger partial charge in [0.25, 0.3) is 5.91 Å². The number of hydrogen-bond acceptors (Lipinski definition) is 5. The molecule has 0 aromatic heterocycles. The van der Waals surface area contributed by atoms with E-state index in [9.17, 15) is 13.2 Å². The molecule has 0 aliphatic carbocycles. The average Bonchev–Trinajstić information content (AvgIpc) is 2.73. The van der Waals surface area contributed by atoms with Gasteiger partial charge in [-0.25, -0.2) is 8.42 Å². The molecule has 0 unspecified atom stereocenters. The summed E-state index contributed by atoms with van der Waals surface area (Å²) in [5, 5.41) is 11.3. The summed E-state index contributed by atoms with van der Waals surface area (Å²) in [6, 6.07) is 14.6. The van der Waals surface area contributed by atoms with Crippen molar-refractivity contribution in [3.8, 4) is 11.8 Å². The molecule has 8 heteroatoms. The van der Waals surface area contributed by atoms with E-state index >= 15 is 0 Å². The van der Waals surface area contributed by atoms with Crippen LogP contribution in [-0.4, -0.2) is 38.3 Å². The van der Waals surface area contributed by atoms with Gasteiger partial charge in [0.15, 0.2) is 6.61 Å². The van der Waals surface area contributed by atoms with Crippen LogP contribution < -0.4 is 10.1 Å². The maximum Gasteiger partial charge on any atom is 0.255 e. The molecular formula is C20H21N3O4S. The van der Waals surface area contributed by atoms with Gasteiger partial charge in [0.1, 0.15) is 11.8 Å². The Morgan fingerprint density at radius 2 is 1.86 bits per heavy atom. The van der Waals surface area contributed by atoms with Crippen molar-refractivity contribution in [2.45, 2.75) is 24.2 Å². The molecule has 2 aromatic carbocycles. The Labute approximate surface area is 164 Å². The Morgan fingerprint density at radius 3 is 2.61 bits per heavy atom. The molecule has 0 bridgehead atoms. The van der Waals surface area contributed by atoms with E-state index in [-0.39, 0.29) is 17.1 Å². The van der Waals surface area contributed by atoms with Crippen LogP contribution in [0.25, 0.3) is 0 Å². The zero-order valence-corrected chi connectivity index (χ0v) is 16.1. The first-order valence-corrected chi connectivity index (χ1v) is 10.5. The van der Waals surface area contributed by atoms with Crippen LogP contribution in [0.4, 0.5) is 5.69 Å². The molecule has 146 valence electrons. The molecule has 0 spiro atoms. The molecular weight excluding hydrogens is 378 g/mol. The van der Waals surface area contributed by atoms with Gasteiger partial charge in [-0.15, -0.1) is 0 Å². The van der Waals surface area contributed by atoms with Crippen molar-refractivity contribution < 1.29 is 17.9 Å². The third-order valence-electron chi connectivity index (χ3n) is 4.44. The summed E-state index contributed by atoms with van der Waals surface area (Å²) in [4.78, 5) is 12.7. The number of nitrogens with one attached hydrogen (secondary N) is 1. The fourth-order valence-electron chi connectivity index (χ4n) is 3.03. The summed E-state index contributed by atoms with van der Waals surface area (Å²) in [6.45, 7) is 0.927. The molecule has 1 amide bonds. The Hall–Kier alpha value is -2.89. The Bertz CT molecular complexity index is 993. The third-order valence-corrected chi connectivity index (χ3v) is 6.34. The number of sulfonamides is 1. The summed E-state index contributed by atoms with van der Waals surface area (Å²) >= 11 is 0. The minimum absolute atomic E-state index is 0.0895. The molecule has 3 rings (SSSR count). The van der Waals surface area contributed by atoms with Gasteiger partial charge >= 0.3 is 0 Å². The Balaban J connectivity index is 1.76. The molecule has 1 N–H and O–H groups in total. The molecule has 1 fully saturated rings. The lowest BCUT2D eigenvalue weighted by molar-refractivity contribution is 0.102. The van der Waals surface area contributed by atoms with Crippen LogP contribution in [0.2, 0.25) is 0 Å². The third kappa shape index (κ3) is 4.68. The number of anilines is 1. The maximum absolute atomic E-state index is 12.8. The minimum Gasteiger partial charge on any atom is -0.479 e. The molecule has 0 radical (unpaired) electrons. The van der Waals surface area contributed by atoms with Gasteiger partial charge in [0.05, 0.1) is 4.90 Å². The van der Waals surface area contributed by atoms with Gasteiger partial charge in [0.2, 0.25) is 10.0 Å². The fourth-order valence-corrected chi connectivity index (χ4v) is 4.60. The lowest BCUT2D eigenvalue weighted by atomic mass is 10.2. The van der Waals surface area contributed by atoms with E-state index in [1.807, 2.05) is 6.07 Å². The number of ether oxygens (including phenoxy) is 1. The number of amides is 1. The van der Waals surface area contributed by atoms with E-state index < -0.39 is 15.9 Å². The van der Waals surface area contributed by atoms with E-state index in [1.54, 1.807) is 36.4 Å². The minimum atomic E-state index is -3.61. The highest BCUT2D eigenvalue weighted by atomic mass is 32.2. The molecule has 1 saturated heterocycles. The zero-order chi connectivity index (χ0) is 20.0. The van der Waals surface area contributed by atoms with E-state index in [1.165, 1.54) is 16.4 Å². The zero-order valence-electron chi connectivity index (χ0n) is 15.3. The molecule has 1 aliphatic rings. The number of rotatable bonds is 6. The lowest BCUT2D eigenvalue weighted by Gasteiger charge is -2.26. The van der Waals surface area contributed by atoms with Gasteiger partial charge in [-0.1, -0.05) is 18.6 Å². The normalized spacial score (nSPS) is 14.8. The predicted octanol–water partition coefficient (Wildman–Crippen LogP) is 3.02. The number of benzene rings is 2. The van der Waals surface area contributed by atoms with Crippen LogP contribution in [0.15, 0.2) is 53.4 Å². The van der Waals surface area contributed by atoms with Crippen LogP contribution in [0.3, 0.4) is 0 Å². The number of carbonyl (C=O) groups excluding carboxylic acids is 1. The first-order valence-electron chi connectivity index (χ1n) is 9.02. The highest BCUT2D eigenvalue weighted by Crippen LogP contribution is 2.22. The van der Waals surface area contributed by atoms with Gasteiger partial charge < -0.3 is 10.1 Å². The summed E-state index contributed by atoms with van der Waals surface area (Å²) in [7, 11) is -3.61. The van der Waals surface area contributed by atoms with Crippen molar-refractivity contribution in [1.29, 1.82) is 5.26 Å². The second-order valence-corrected chi connectivity index (χ2v) is 8.36. The Kier molecular flexibility index (Phi) is 6.29. The number of hydrogen-bond donors (Lipinski definition) is 1. The van der Waals surface area contributed by atoms with E-state index in [0.717, 1.165) is 19.3 Å². The summed E-state index contributed by atoms with van der Waals surface area (Å²) in [5.41, 5.74) is 0.742. The van der Waals surface area contributed by atoms with Crippen molar-refractivity contribution in [2.24, 2.45) is 0 Å². The van der Waals surface area contributed by atoms with Crippen LogP contribution >= 0.6 is 0 Å². The standard InChI is InChI=1S/C20H21N3O4S/c21-10-13-27-18-8-5-7-17(15-18)22-20(24)16-6-4-9-19(14-16)28(25,26)23-11-2-1-3-12-23/h4-9,14-15H,1-3,11-13H2,(H,22,24). The van der Waals surface area contributed by atoms with Crippen molar-refractivity contribution in [2.75, 3.05) is 25.0 Å². The van der Waals surface area contributed by atoms with E-state index in [0.29, 0.717) is 24.5 Å². The molecule has 7 nitrogen and oxygen atoms in total. The SMILES string of the molecule is N#CCOc1cccc(NC(=O)c2cccc(S(=O)(=O)N3CCCCC3)c2)c1. The predicted molar refractivity (Wildman–Crippen MR) is 105 cm³/mol. The van der Waals surface area contributed by atoms with Crippen molar-refractivity contribution in [3.05, 3.63) is 54.1 Å². The average molecular weight is 399 g/mol. The van der Waals surface area contributed by atoms with Crippen molar-refractivity contribution >= 4 is 21.6 Å². The molecule has 28 heavy (non-hydrogen) atoms. The number of nitrogens with zero attached hydrogens (tertiary/aromatic N) is 2. The van der Waals surface area contributed by atoms with Gasteiger partial charge in [-0.05, 0) is 43.2 Å². The molecule has 1 heterocycles. The molecule has 2 aromatic rings. The molecule has 0 saturated carbocycles. The van der Waals surface area contributed by atoms with E-state index in [4.69, 9.17) is 10.00 Å². The van der Waals surface area contributed by atoms with E-state index in [2.05, 4.69) is 5.32 Å². The highest BCUT2D eigenvalue weighted by molar-refractivity contribution is 7.89. The monoisotopic (exact) mass is 399 g/mol. The number of piperidine rings is 1. The van der Waals surface area contributed by atoms with Crippen LogP contribution in [-0.2, 0) is 10.0 Å². The quantitative estimate of drug-likeness (QED) is 0.805. The lowest BCUT2D eigenvalue weighted by Crippen LogP contribution is -2.35. The summed E-state index contributed by atoms with van der Waals surface area (Å²) in [5.74, 6) is 0.0360. The van der Waals surface area contributed by atoms with Crippen molar-refractivity contribution in [3.63, 3.8) is 0 Å². The molecule has 0 atom stereocenters. The van der Waals surface area contributed by atoms with Crippen LogP contribution in [0.1, 0.15) is 29.6 Å². The van der Waals surface area contributed by atoms with Crippen molar-refractivity contribution in [1.82, 2.24) is 4.31 Å². The second kappa shape index (κ2) is 8.87. The molecule has 1 aliphatic heterocycles. The van der Waals surface area contributed by atoms with Gasteiger partial charge in [0, 0.05) is 30.4 Å². The number of carbonyl (C=O) groups is 1. The van der Waals surface area contributed by atoms with Crippen LogP contribution in [0, 0.1) is 11.3 Å². The maximum atomic E-state index is 12.8. The Morgan fingerprint density at radius 1 is 1.11 bits per heavy atom. The van der Waals surface area contributed by atoms with Crippen LogP contribution in [0.5, 0.6) is 5.75 Å². The largest absolute Gasteiger partial charge is 0.479 e. The first kappa shape index (κ1) is 19.9. The summed E-state index contributed by atoms with van der Waals surface area (Å²) < 4.78 is 32.3.